The number of hydrogen-bond acceptors (Lipinski definition) is 12. The molecule has 4 aliphatic rings. The molecule has 18 heteroatoms. The van der Waals surface area contributed by atoms with E-state index in [0.29, 0.717) is 33.4 Å². The number of carbonyl (C=O) groups is 3. The number of piperazine rings is 1. The number of halogens is 1. The number of carboxylic acid groups (broad SMARTS) is 2. The number of aromatic carboxylic acids is 1. The van der Waals surface area contributed by atoms with Crippen molar-refractivity contribution in [2.45, 2.75) is 42.4 Å². The molecule has 0 radical (unpaired) electrons. The summed E-state index contributed by atoms with van der Waals surface area (Å²) in [5.74, 6) is -2.24. The first-order valence-electron chi connectivity index (χ1n) is 15.1. The van der Waals surface area contributed by atoms with Gasteiger partial charge in [0.1, 0.15) is 28.5 Å². The molecular formula is C29H34FN9O6S2. The lowest BCUT2D eigenvalue weighted by Gasteiger charge is -2.48. The normalized spacial score (nSPS) is 21.3. The molecule has 2 aromatic heterocycles. The standard InChI is InChI=1S/C19H22FN3O3.C10H12N6O3S2/c1-2-21-5-7-22(8-6-21)17-10-16-13(9-15(17)20)18(24)14(19(25)26)11-23(16)12-3-4-12;1-15-10(12-13-14-15)21-3-4-2-20-8-5(11)7(17)16(8)6(4)9(18)19/h9-12H,2-8H2,1H3,(H,25,26);5,8H,2-3,11H2,1H3,(H,18,19)/t;5-,8-/m.1/s1. The Bertz CT molecular complexity index is 1840. The summed E-state index contributed by atoms with van der Waals surface area (Å²) in [5, 5.41) is 30.2. The second-order valence-electron chi connectivity index (χ2n) is 11.6. The average molecular weight is 688 g/mol. The lowest BCUT2D eigenvalue weighted by molar-refractivity contribution is -0.147. The van der Waals surface area contributed by atoms with E-state index in [0.717, 1.165) is 45.6 Å². The number of likely N-dealkylation sites (N-methyl/N-ethyl adjacent to an activating group) is 1. The number of aliphatic carboxylic acids is 1. The molecule has 250 valence electrons. The van der Waals surface area contributed by atoms with Crippen LogP contribution in [0.25, 0.3) is 10.9 Å². The summed E-state index contributed by atoms with van der Waals surface area (Å²) in [6.45, 7) is 6.31. The number of carboxylic acids is 2. The molecule has 3 aromatic rings. The van der Waals surface area contributed by atoms with Crippen LogP contribution in [0.5, 0.6) is 0 Å². The number of benzene rings is 1. The number of hydrogen-bond donors (Lipinski definition) is 3. The number of carbonyl (C=O) groups excluding carboxylic acids is 1. The van der Waals surface area contributed by atoms with Crippen LogP contribution < -0.4 is 16.1 Å². The Morgan fingerprint density at radius 3 is 2.45 bits per heavy atom. The maximum atomic E-state index is 14.8. The maximum Gasteiger partial charge on any atom is 0.352 e. The van der Waals surface area contributed by atoms with E-state index in [1.165, 1.54) is 45.4 Å². The van der Waals surface area contributed by atoms with Gasteiger partial charge in [0.05, 0.1) is 11.2 Å². The smallest absolute Gasteiger partial charge is 0.352 e. The first-order valence-corrected chi connectivity index (χ1v) is 17.1. The number of thioether (sulfide) groups is 2. The Morgan fingerprint density at radius 2 is 1.85 bits per heavy atom. The number of aromatic nitrogens is 5. The minimum absolute atomic E-state index is 0.0491. The largest absolute Gasteiger partial charge is 0.477 e. The Kier molecular flexibility index (Phi) is 9.28. The topological polar surface area (TPSA) is 193 Å². The van der Waals surface area contributed by atoms with Crippen molar-refractivity contribution in [1.82, 2.24) is 34.6 Å². The van der Waals surface area contributed by atoms with Gasteiger partial charge in [0.15, 0.2) is 0 Å². The number of aryl methyl sites for hydroxylation is 1. The summed E-state index contributed by atoms with van der Waals surface area (Å²) in [6.07, 6.45) is 3.30. The van der Waals surface area contributed by atoms with Crippen LogP contribution in [0.2, 0.25) is 0 Å². The third kappa shape index (κ3) is 6.33. The maximum absolute atomic E-state index is 14.8. The zero-order valence-electron chi connectivity index (χ0n) is 25.7. The van der Waals surface area contributed by atoms with Crippen molar-refractivity contribution in [2.24, 2.45) is 12.8 Å². The summed E-state index contributed by atoms with van der Waals surface area (Å²) in [6, 6.07) is 2.51. The second-order valence-corrected chi connectivity index (χ2v) is 13.7. The molecule has 1 aliphatic carbocycles. The van der Waals surface area contributed by atoms with Gasteiger partial charge in [-0.15, -0.1) is 16.9 Å². The van der Waals surface area contributed by atoms with Gasteiger partial charge in [-0.1, -0.05) is 18.7 Å². The number of nitrogens with two attached hydrogens (primary N) is 1. The van der Waals surface area contributed by atoms with Crippen LogP contribution in [0, 0.1) is 5.82 Å². The van der Waals surface area contributed by atoms with E-state index in [1.54, 1.807) is 13.1 Å². The van der Waals surface area contributed by atoms with E-state index in [2.05, 4.69) is 27.3 Å². The van der Waals surface area contributed by atoms with Gasteiger partial charge in [-0.2, -0.15) is 0 Å². The van der Waals surface area contributed by atoms with Crippen molar-refractivity contribution >= 4 is 58.0 Å². The number of fused-ring (bicyclic) bond motifs is 2. The van der Waals surface area contributed by atoms with Crippen LogP contribution in [0.4, 0.5) is 10.1 Å². The minimum Gasteiger partial charge on any atom is -0.477 e. The first kappa shape index (κ1) is 32.9. The lowest BCUT2D eigenvalue weighted by atomic mass is 10.0. The van der Waals surface area contributed by atoms with E-state index in [1.807, 2.05) is 9.47 Å². The van der Waals surface area contributed by atoms with E-state index in [-0.39, 0.29) is 34.0 Å². The van der Waals surface area contributed by atoms with Crippen molar-refractivity contribution in [2.75, 3.05) is 49.1 Å². The van der Waals surface area contributed by atoms with Crippen molar-refractivity contribution < 1.29 is 29.0 Å². The lowest BCUT2D eigenvalue weighted by Crippen LogP contribution is -2.68. The molecule has 47 heavy (non-hydrogen) atoms. The summed E-state index contributed by atoms with van der Waals surface area (Å²) in [5.41, 5.74) is 6.61. The molecule has 7 rings (SSSR count). The van der Waals surface area contributed by atoms with Crippen LogP contribution in [-0.4, -0.2) is 118 Å². The van der Waals surface area contributed by atoms with Gasteiger partial charge in [-0.05, 0) is 47.5 Å². The third-order valence-corrected chi connectivity index (χ3v) is 11.1. The van der Waals surface area contributed by atoms with Gasteiger partial charge in [0.25, 0.3) is 0 Å². The molecule has 0 bridgehead atoms. The van der Waals surface area contributed by atoms with E-state index >= 15 is 0 Å². The molecule has 3 fully saturated rings. The van der Waals surface area contributed by atoms with Crippen molar-refractivity contribution in [1.29, 1.82) is 0 Å². The molecule has 2 atom stereocenters. The van der Waals surface area contributed by atoms with Crippen molar-refractivity contribution in [3.8, 4) is 0 Å². The Labute approximate surface area is 276 Å². The Balaban J connectivity index is 0.000000168. The van der Waals surface area contributed by atoms with Gasteiger partial charge < -0.3 is 30.3 Å². The van der Waals surface area contributed by atoms with Crippen molar-refractivity contribution in [3.05, 3.63) is 51.2 Å². The van der Waals surface area contributed by atoms with Gasteiger partial charge in [0.2, 0.25) is 16.5 Å². The molecule has 2 saturated heterocycles. The van der Waals surface area contributed by atoms with Gasteiger partial charge in [0, 0.05) is 62.4 Å². The zero-order valence-corrected chi connectivity index (χ0v) is 27.3. The molecule has 1 aromatic carbocycles. The van der Waals surface area contributed by atoms with E-state index in [4.69, 9.17) is 5.73 Å². The SMILES string of the molecule is CCN1CCN(c2cc3c(cc2F)c(=O)c(C(=O)O)cn3C2CC2)CC1.Cn1nnnc1SCC1=C(C(=O)O)N2C(=O)[C@@H](N)[C@H]2SC1. The highest BCUT2D eigenvalue weighted by Crippen LogP contribution is 2.41. The monoisotopic (exact) mass is 687 g/mol. The molecule has 1 saturated carbocycles. The van der Waals surface area contributed by atoms with Crippen LogP contribution in [0.15, 0.2) is 39.6 Å². The summed E-state index contributed by atoms with van der Waals surface area (Å²) in [7, 11) is 1.71. The van der Waals surface area contributed by atoms with E-state index < -0.39 is 29.2 Å². The van der Waals surface area contributed by atoms with Gasteiger partial charge in [-0.25, -0.2) is 18.7 Å². The Hall–Kier alpha value is -4.00. The average Bonchev–Trinajstić information content (AvgIpc) is 3.83. The molecule has 3 aliphatic heterocycles. The summed E-state index contributed by atoms with van der Waals surface area (Å²) >= 11 is 2.82. The molecular weight excluding hydrogens is 654 g/mol. The number of pyridine rings is 1. The van der Waals surface area contributed by atoms with E-state index in [9.17, 15) is 33.8 Å². The molecule has 0 unspecified atom stereocenters. The molecule has 1 amide bonds. The quantitative estimate of drug-likeness (QED) is 0.226. The number of nitrogens with zero attached hydrogens (tertiary/aromatic N) is 8. The van der Waals surface area contributed by atoms with Crippen LogP contribution >= 0.6 is 23.5 Å². The Morgan fingerprint density at radius 1 is 1.13 bits per heavy atom. The molecule has 0 spiro atoms. The fourth-order valence-electron chi connectivity index (χ4n) is 5.90. The summed E-state index contributed by atoms with van der Waals surface area (Å²) in [4.78, 5) is 52.8. The number of anilines is 1. The van der Waals surface area contributed by atoms with Gasteiger partial charge in [-0.3, -0.25) is 14.5 Å². The number of rotatable bonds is 8. The number of β-lactam (4-membered cyclic amide) rings is 1. The van der Waals surface area contributed by atoms with Crippen molar-refractivity contribution in [3.63, 3.8) is 0 Å². The molecule has 4 N–H and O–H groups in total. The highest BCUT2D eigenvalue weighted by molar-refractivity contribution is 8.01. The zero-order chi connectivity index (χ0) is 33.6. The predicted octanol–water partition coefficient (Wildman–Crippen LogP) is 1.20. The highest BCUT2D eigenvalue weighted by atomic mass is 32.2. The third-order valence-electron chi connectivity index (χ3n) is 8.68. The highest BCUT2D eigenvalue weighted by Gasteiger charge is 2.51. The first-order chi connectivity index (χ1) is 22.5. The minimum atomic E-state index is -1.27. The number of tetrazole rings is 1. The predicted molar refractivity (Wildman–Crippen MR) is 173 cm³/mol. The van der Waals surface area contributed by atoms with Crippen LogP contribution in [-0.2, 0) is 16.6 Å². The van der Waals surface area contributed by atoms with Crippen LogP contribution in [0.3, 0.4) is 0 Å². The number of amides is 1. The van der Waals surface area contributed by atoms with Crippen LogP contribution in [0.1, 0.15) is 36.2 Å². The fourth-order valence-corrected chi connectivity index (χ4v) is 8.18. The molecule has 5 heterocycles. The summed E-state index contributed by atoms with van der Waals surface area (Å²) < 4.78 is 18.1. The fraction of sp³-hybridized carbons (Fsp3) is 0.483. The second kappa shape index (κ2) is 13.2. The van der Waals surface area contributed by atoms with Gasteiger partial charge >= 0.3 is 11.9 Å². The molecule has 15 nitrogen and oxygen atoms in total.